The topological polar surface area (TPSA) is 58.9 Å². The van der Waals surface area contributed by atoms with Crippen LogP contribution in [0.1, 0.15) is 40.5 Å². The van der Waals surface area contributed by atoms with Gasteiger partial charge >= 0.3 is 8.56 Å². The molecule has 4 nitrogen and oxygen atoms in total. The molecule has 2 atom stereocenters. The Morgan fingerprint density at radius 2 is 1.14 bits per heavy atom. The van der Waals surface area contributed by atoms with Gasteiger partial charge in [-0.1, -0.05) is 13.8 Å². The highest BCUT2D eigenvalue weighted by Gasteiger charge is 2.54. The predicted octanol–water partition coefficient (Wildman–Crippen LogP) is 3.53. The standard InChI is InChI=1S/C14H36O4Si3/c1-11-13(3,19(5,6)15)17-20(7,8)14(4,12-2)18-21(9,10)16/h15-16H,11-12H2,1-10H3. The normalized spacial score (nSPS) is 20.0. The van der Waals surface area contributed by atoms with E-state index in [9.17, 15) is 9.59 Å². The Balaban J connectivity index is 5.53. The molecule has 2 N–H and O–H groups in total. The van der Waals surface area contributed by atoms with E-state index in [-0.39, 0.29) is 0 Å². The van der Waals surface area contributed by atoms with E-state index < -0.39 is 35.6 Å². The predicted molar refractivity (Wildman–Crippen MR) is 96.4 cm³/mol. The maximum atomic E-state index is 10.6. The quantitative estimate of drug-likeness (QED) is 0.656. The van der Waals surface area contributed by atoms with E-state index in [1.807, 2.05) is 26.9 Å². The summed E-state index contributed by atoms with van der Waals surface area (Å²) in [6.07, 6.45) is 1.56. The van der Waals surface area contributed by atoms with Gasteiger partial charge in [-0.2, -0.15) is 0 Å². The van der Waals surface area contributed by atoms with Gasteiger partial charge in [0.1, 0.15) is 0 Å². The van der Waals surface area contributed by atoms with Crippen molar-refractivity contribution in [1.82, 2.24) is 0 Å². The van der Waals surface area contributed by atoms with Gasteiger partial charge in [0, 0.05) is 0 Å². The van der Waals surface area contributed by atoms with E-state index in [4.69, 9.17) is 8.85 Å². The Bertz CT molecular complexity index is 349. The molecule has 0 aliphatic heterocycles. The first-order valence-electron chi connectivity index (χ1n) is 7.89. The molecule has 0 radical (unpaired) electrons. The van der Waals surface area contributed by atoms with Gasteiger partial charge in [0.05, 0.1) is 10.4 Å². The number of hydrogen-bond acceptors (Lipinski definition) is 4. The van der Waals surface area contributed by atoms with Crippen molar-refractivity contribution in [3.63, 3.8) is 0 Å². The van der Waals surface area contributed by atoms with Crippen LogP contribution in [0.15, 0.2) is 0 Å². The molecule has 2 unspecified atom stereocenters. The molecule has 0 aliphatic carbocycles. The molecule has 0 amide bonds. The average Bonchev–Trinajstić information content (AvgIpc) is 2.24. The zero-order chi connectivity index (χ0) is 17.3. The first kappa shape index (κ1) is 21.5. The van der Waals surface area contributed by atoms with Crippen LogP contribution in [-0.2, 0) is 8.85 Å². The van der Waals surface area contributed by atoms with Crippen LogP contribution in [0.2, 0.25) is 39.3 Å². The smallest absolute Gasteiger partial charge is 0.329 e. The van der Waals surface area contributed by atoms with Crippen LogP contribution < -0.4 is 0 Å². The third kappa shape index (κ3) is 5.26. The van der Waals surface area contributed by atoms with Crippen molar-refractivity contribution in [2.24, 2.45) is 0 Å². The lowest BCUT2D eigenvalue weighted by Crippen LogP contribution is -2.67. The summed E-state index contributed by atoms with van der Waals surface area (Å²) in [6.45, 7) is 19.9. The highest BCUT2D eigenvalue weighted by Crippen LogP contribution is 2.38. The van der Waals surface area contributed by atoms with Gasteiger partial charge in [-0.15, -0.1) is 0 Å². The van der Waals surface area contributed by atoms with E-state index in [2.05, 4.69) is 26.9 Å². The second-order valence-corrected chi connectivity index (χ2v) is 19.4. The fourth-order valence-electron chi connectivity index (χ4n) is 2.47. The minimum absolute atomic E-state index is 0.465. The molecule has 0 heterocycles. The first-order valence-corrected chi connectivity index (χ1v) is 16.6. The lowest BCUT2D eigenvalue weighted by atomic mass is 10.3. The fourth-order valence-corrected chi connectivity index (χ4v) is 10.4. The molecule has 128 valence electrons. The van der Waals surface area contributed by atoms with Gasteiger partial charge in [0.15, 0.2) is 0 Å². The van der Waals surface area contributed by atoms with E-state index in [1.54, 1.807) is 13.1 Å². The third-order valence-corrected chi connectivity index (χ3v) is 13.2. The Hall–Kier alpha value is 0.491. The Kier molecular flexibility index (Phi) is 6.70. The van der Waals surface area contributed by atoms with Gasteiger partial charge in [0.2, 0.25) is 16.6 Å². The molecule has 0 aromatic carbocycles. The van der Waals surface area contributed by atoms with Crippen LogP contribution in [0, 0.1) is 0 Å². The molecule has 0 aromatic rings. The van der Waals surface area contributed by atoms with Crippen molar-refractivity contribution in [2.45, 2.75) is 90.3 Å². The van der Waals surface area contributed by atoms with Crippen LogP contribution >= 0.6 is 0 Å². The Labute approximate surface area is 134 Å². The van der Waals surface area contributed by atoms with Gasteiger partial charge in [0.25, 0.3) is 0 Å². The van der Waals surface area contributed by atoms with Crippen LogP contribution in [-0.4, -0.2) is 45.2 Å². The molecular formula is C14H36O4Si3. The molecule has 0 aliphatic rings. The molecule has 21 heavy (non-hydrogen) atoms. The third-order valence-electron chi connectivity index (χ3n) is 4.87. The van der Waals surface area contributed by atoms with Crippen LogP contribution in [0.25, 0.3) is 0 Å². The second kappa shape index (κ2) is 6.54. The molecular weight excluding hydrogens is 316 g/mol. The maximum Gasteiger partial charge on any atom is 0.329 e. The maximum absolute atomic E-state index is 10.6. The minimum atomic E-state index is -2.65. The van der Waals surface area contributed by atoms with E-state index >= 15 is 0 Å². The first-order chi connectivity index (χ1) is 9.04. The summed E-state index contributed by atoms with van der Waals surface area (Å²) in [5, 5.41) is -0.961. The van der Waals surface area contributed by atoms with Gasteiger partial charge in [-0.25, -0.2) is 0 Å². The lowest BCUT2D eigenvalue weighted by molar-refractivity contribution is 0.0557. The summed E-state index contributed by atoms with van der Waals surface area (Å²) in [6, 6.07) is 0. The van der Waals surface area contributed by atoms with E-state index in [0.717, 1.165) is 12.8 Å². The van der Waals surface area contributed by atoms with Crippen molar-refractivity contribution >= 4 is 25.2 Å². The molecule has 7 heteroatoms. The molecule has 0 bridgehead atoms. The van der Waals surface area contributed by atoms with E-state index in [1.165, 1.54) is 0 Å². The van der Waals surface area contributed by atoms with Gasteiger partial charge in [-0.3, -0.25) is 0 Å². The van der Waals surface area contributed by atoms with Crippen molar-refractivity contribution in [2.75, 3.05) is 0 Å². The van der Waals surface area contributed by atoms with Gasteiger partial charge < -0.3 is 18.4 Å². The van der Waals surface area contributed by atoms with Crippen molar-refractivity contribution < 1.29 is 18.4 Å². The molecule has 0 spiro atoms. The Morgan fingerprint density at radius 1 is 0.762 bits per heavy atom. The Morgan fingerprint density at radius 3 is 1.38 bits per heavy atom. The van der Waals surface area contributed by atoms with Crippen LogP contribution in [0.5, 0.6) is 0 Å². The van der Waals surface area contributed by atoms with E-state index in [0.29, 0.717) is 0 Å². The van der Waals surface area contributed by atoms with Crippen molar-refractivity contribution in [3.05, 3.63) is 0 Å². The summed E-state index contributed by atoms with van der Waals surface area (Å²) < 4.78 is 12.7. The summed E-state index contributed by atoms with van der Waals surface area (Å²) in [4.78, 5) is 20.8. The highest BCUT2D eigenvalue weighted by molar-refractivity contribution is 6.78. The van der Waals surface area contributed by atoms with Crippen LogP contribution in [0.4, 0.5) is 0 Å². The van der Waals surface area contributed by atoms with Crippen LogP contribution in [0.3, 0.4) is 0 Å². The molecule has 0 aromatic heterocycles. The molecule has 0 fully saturated rings. The highest BCUT2D eigenvalue weighted by atomic mass is 28.4. The minimum Gasteiger partial charge on any atom is -0.429 e. The summed E-state index contributed by atoms with van der Waals surface area (Å²) in [5.41, 5.74) is 0. The number of rotatable bonds is 8. The largest absolute Gasteiger partial charge is 0.429 e. The zero-order valence-corrected chi connectivity index (χ0v) is 18.6. The molecule has 0 saturated carbocycles. The molecule has 0 saturated heterocycles. The molecule has 0 rings (SSSR count). The van der Waals surface area contributed by atoms with Crippen molar-refractivity contribution in [1.29, 1.82) is 0 Å². The fraction of sp³-hybridized carbons (Fsp3) is 1.00. The van der Waals surface area contributed by atoms with Gasteiger partial charge in [-0.05, 0) is 66.0 Å². The lowest BCUT2D eigenvalue weighted by Gasteiger charge is -2.50. The average molecular weight is 353 g/mol. The number of hydrogen-bond donors (Lipinski definition) is 2. The summed E-state index contributed by atoms with van der Waals surface area (Å²) >= 11 is 0. The monoisotopic (exact) mass is 352 g/mol. The zero-order valence-electron chi connectivity index (χ0n) is 15.6. The summed E-state index contributed by atoms with van der Waals surface area (Å²) in [7, 11) is -7.42. The SMILES string of the molecule is CCC(C)(O[Si](C)(C)C(C)(CC)O[Si](C)(C)O)[Si](C)(C)O. The summed E-state index contributed by atoms with van der Waals surface area (Å²) in [5.74, 6) is 0. The second-order valence-electron chi connectivity index (χ2n) is 7.89. The van der Waals surface area contributed by atoms with Crippen molar-refractivity contribution in [3.8, 4) is 0 Å².